The second-order valence-corrected chi connectivity index (χ2v) is 4.17. The van der Waals surface area contributed by atoms with Gasteiger partial charge in [-0.1, -0.05) is 11.6 Å². The summed E-state index contributed by atoms with van der Waals surface area (Å²) in [6.07, 6.45) is 2.88. The van der Waals surface area contributed by atoms with Crippen LogP contribution >= 0.6 is 11.6 Å². The molecule has 17 heavy (non-hydrogen) atoms. The zero-order valence-electron chi connectivity index (χ0n) is 9.88. The van der Waals surface area contributed by atoms with Crippen LogP contribution in [-0.4, -0.2) is 29.1 Å². The van der Waals surface area contributed by atoms with Crippen LogP contribution in [0.1, 0.15) is 5.69 Å². The first-order chi connectivity index (χ1) is 8.04. The second-order valence-electron chi connectivity index (χ2n) is 3.73. The summed E-state index contributed by atoms with van der Waals surface area (Å²) in [7, 11) is 3.41. The predicted molar refractivity (Wildman–Crippen MR) is 66.8 cm³/mol. The van der Waals surface area contributed by atoms with Crippen molar-refractivity contribution in [3.05, 3.63) is 23.1 Å². The summed E-state index contributed by atoms with van der Waals surface area (Å²) in [6.45, 7) is 1.89. The molecule has 0 saturated carbocycles. The Hall–Kier alpha value is -1.53. The van der Waals surface area contributed by atoms with Gasteiger partial charge >= 0.3 is 0 Å². The van der Waals surface area contributed by atoms with Crippen LogP contribution in [0.2, 0.25) is 0 Å². The van der Waals surface area contributed by atoms with Gasteiger partial charge in [0.15, 0.2) is 6.23 Å². The van der Waals surface area contributed by atoms with E-state index in [0.717, 1.165) is 11.4 Å². The second kappa shape index (κ2) is 4.38. The van der Waals surface area contributed by atoms with Crippen LogP contribution in [-0.2, 0) is 11.8 Å². The molecule has 0 radical (unpaired) electrons. The average molecular weight is 256 g/mol. The third-order valence-corrected chi connectivity index (χ3v) is 2.79. The van der Waals surface area contributed by atoms with E-state index in [0.29, 0.717) is 11.0 Å². The number of aliphatic imine (C=N–C) groups is 1. The Labute approximate surface area is 104 Å². The van der Waals surface area contributed by atoms with Gasteiger partial charge in [-0.15, -0.1) is 0 Å². The van der Waals surface area contributed by atoms with Gasteiger partial charge in [-0.05, 0) is 6.92 Å². The molecule has 0 aromatic carbocycles. The van der Waals surface area contributed by atoms with Crippen LogP contribution in [0.5, 0.6) is 0 Å². The SMILES string of the molecule is COC1C(Cl)=CN=C(N)N1c1cn(C)nc1C. The summed E-state index contributed by atoms with van der Waals surface area (Å²) < 4.78 is 7.04. The summed E-state index contributed by atoms with van der Waals surface area (Å²) >= 11 is 6.06. The molecule has 0 bridgehead atoms. The Morgan fingerprint density at radius 2 is 2.24 bits per heavy atom. The van der Waals surface area contributed by atoms with E-state index < -0.39 is 6.23 Å². The highest BCUT2D eigenvalue weighted by atomic mass is 35.5. The molecule has 1 aromatic rings. The Morgan fingerprint density at radius 1 is 1.53 bits per heavy atom. The van der Waals surface area contributed by atoms with Crippen LogP contribution in [0, 0.1) is 6.92 Å². The molecule has 0 fully saturated rings. The van der Waals surface area contributed by atoms with Crippen molar-refractivity contribution in [1.82, 2.24) is 9.78 Å². The maximum absolute atomic E-state index is 6.06. The minimum atomic E-state index is -0.461. The minimum absolute atomic E-state index is 0.331. The maximum Gasteiger partial charge on any atom is 0.203 e. The molecule has 2 N–H and O–H groups in total. The summed E-state index contributed by atoms with van der Waals surface area (Å²) in [5.41, 5.74) is 7.53. The first kappa shape index (κ1) is 11.9. The summed E-state index contributed by atoms with van der Waals surface area (Å²) in [6, 6.07) is 0. The van der Waals surface area contributed by atoms with Gasteiger partial charge in [-0.3, -0.25) is 9.58 Å². The van der Waals surface area contributed by atoms with Gasteiger partial charge < -0.3 is 10.5 Å². The number of ether oxygens (including phenoxy) is 1. The summed E-state index contributed by atoms with van der Waals surface area (Å²) in [5.74, 6) is 0.331. The van der Waals surface area contributed by atoms with Crippen molar-refractivity contribution in [2.45, 2.75) is 13.2 Å². The zero-order chi connectivity index (χ0) is 12.6. The first-order valence-electron chi connectivity index (χ1n) is 5.05. The third kappa shape index (κ3) is 2.01. The fourth-order valence-electron chi connectivity index (χ4n) is 1.79. The number of aryl methyl sites for hydroxylation is 2. The lowest BCUT2D eigenvalue weighted by Crippen LogP contribution is -2.48. The topological polar surface area (TPSA) is 68.7 Å². The van der Waals surface area contributed by atoms with Gasteiger partial charge in [0.1, 0.15) is 0 Å². The van der Waals surface area contributed by atoms with Crippen molar-refractivity contribution in [2.24, 2.45) is 17.8 Å². The number of rotatable bonds is 2. The van der Waals surface area contributed by atoms with E-state index in [-0.39, 0.29) is 0 Å². The van der Waals surface area contributed by atoms with E-state index in [2.05, 4.69) is 10.1 Å². The molecule has 0 spiro atoms. The molecule has 0 aliphatic carbocycles. The van der Waals surface area contributed by atoms with Crippen LogP contribution in [0.4, 0.5) is 5.69 Å². The number of hydrogen-bond donors (Lipinski definition) is 1. The molecule has 1 aliphatic heterocycles. The van der Waals surface area contributed by atoms with Gasteiger partial charge in [-0.2, -0.15) is 5.10 Å². The van der Waals surface area contributed by atoms with E-state index in [4.69, 9.17) is 22.1 Å². The molecular weight excluding hydrogens is 242 g/mol. The monoisotopic (exact) mass is 255 g/mol. The fourth-order valence-corrected chi connectivity index (χ4v) is 2.02. The molecule has 1 aromatic heterocycles. The number of halogens is 1. The van der Waals surface area contributed by atoms with Crippen molar-refractivity contribution >= 4 is 23.2 Å². The Morgan fingerprint density at radius 3 is 2.76 bits per heavy atom. The van der Waals surface area contributed by atoms with E-state index in [9.17, 15) is 0 Å². The first-order valence-corrected chi connectivity index (χ1v) is 5.43. The Bertz CT molecular complexity index is 493. The number of methoxy groups -OCH3 is 1. The Kier molecular flexibility index (Phi) is 3.08. The molecule has 1 atom stereocenters. The van der Waals surface area contributed by atoms with Crippen molar-refractivity contribution < 1.29 is 4.74 Å². The van der Waals surface area contributed by atoms with Gasteiger partial charge in [0.25, 0.3) is 0 Å². The van der Waals surface area contributed by atoms with Gasteiger partial charge in [0.2, 0.25) is 5.96 Å². The van der Waals surface area contributed by atoms with Crippen LogP contribution in [0.15, 0.2) is 22.4 Å². The maximum atomic E-state index is 6.06. The van der Waals surface area contributed by atoms with Gasteiger partial charge in [0.05, 0.1) is 16.4 Å². The van der Waals surface area contributed by atoms with E-state index >= 15 is 0 Å². The minimum Gasteiger partial charge on any atom is -0.369 e. The predicted octanol–water partition coefficient (Wildman–Crippen LogP) is 0.916. The average Bonchev–Trinajstić information content (AvgIpc) is 2.60. The third-order valence-electron chi connectivity index (χ3n) is 2.51. The number of nitrogens with two attached hydrogens (primary N) is 1. The van der Waals surface area contributed by atoms with E-state index in [1.165, 1.54) is 6.20 Å². The smallest absolute Gasteiger partial charge is 0.203 e. The lowest BCUT2D eigenvalue weighted by molar-refractivity contribution is 0.143. The molecule has 2 rings (SSSR count). The van der Waals surface area contributed by atoms with E-state index in [1.54, 1.807) is 16.7 Å². The highest BCUT2D eigenvalue weighted by molar-refractivity contribution is 6.31. The molecular formula is C10H14ClN5O. The standard InChI is InChI=1S/C10H14ClN5O/c1-6-8(5-15(2)14-6)16-9(17-3)7(11)4-13-10(16)12/h4-5,9H,1-3H3,(H2,12,13). The van der Waals surface area contributed by atoms with Crippen LogP contribution < -0.4 is 10.6 Å². The van der Waals surface area contributed by atoms with Crippen molar-refractivity contribution in [1.29, 1.82) is 0 Å². The van der Waals surface area contributed by atoms with Crippen molar-refractivity contribution in [3.8, 4) is 0 Å². The van der Waals surface area contributed by atoms with Crippen LogP contribution in [0.25, 0.3) is 0 Å². The van der Waals surface area contributed by atoms with Gasteiger partial charge in [0, 0.05) is 26.6 Å². The summed E-state index contributed by atoms with van der Waals surface area (Å²) in [5, 5.41) is 4.74. The lowest BCUT2D eigenvalue weighted by atomic mass is 10.3. The molecule has 0 amide bonds. The molecule has 2 heterocycles. The number of anilines is 1. The van der Waals surface area contributed by atoms with Crippen molar-refractivity contribution in [2.75, 3.05) is 12.0 Å². The molecule has 1 aliphatic rings. The molecule has 92 valence electrons. The number of nitrogens with zero attached hydrogens (tertiary/aromatic N) is 4. The highest BCUT2D eigenvalue weighted by Gasteiger charge is 2.29. The molecule has 1 unspecified atom stereocenters. The number of guanidine groups is 1. The lowest BCUT2D eigenvalue weighted by Gasteiger charge is -2.32. The van der Waals surface area contributed by atoms with Crippen molar-refractivity contribution in [3.63, 3.8) is 0 Å². The highest BCUT2D eigenvalue weighted by Crippen LogP contribution is 2.28. The summed E-state index contributed by atoms with van der Waals surface area (Å²) in [4.78, 5) is 5.74. The van der Waals surface area contributed by atoms with E-state index in [1.807, 2.05) is 20.2 Å². The number of aromatic nitrogens is 2. The molecule has 6 nitrogen and oxygen atoms in total. The van der Waals surface area contributed by atoms with Crippen LogP contribution in [0.3, 0.4) is 0 Å². The van der Waals surface area contributed by atoms with Gasteiger partial charge in [-0.25, -0.2) is 4.99 Å². The Balaban J connectivity index is 2.46. The largest absolute Gasteiger partial charge is 0.369 e. The zero-order valence-corrected chi connectivity index (χ0v) is 10.6. The quantitative estimate of drug-likeness (QED) is 0.853. The number of hydrogen-bond acceptors (Lipinski definition) is 5. The molecule has 0 saturated heterocycles. The normalized spacial score (nSPS) is 20.2. The fraction of sp³-hybridized carbons (Fsp3) is 0.400. The molecule has 7 heteroatoms.